The van der Waals surface area contributed by atoms with Crippen LogP contribution >= 0.6 is 0 Å². The third-order valence-electron chi connectivity index (χ3n) is 5.34. The fraction of sp³-hybridized carbons (Fsp3) is 0.364. The van der Waals surface area contributed by atoms with Crippen LogP contribution in [0.3, 0.4) is 0 Å². The quantitative estimate of drug-likeness (QED) is 0.793. The SMILES string of the molecule is CN1CCN(S(=O)(=O)c2cccc(C(=O)Nc3ccc(C(C)(C)C#N)cc3)c2)CC1. The highest BCUT2D eigenvalue weighted by atomic mass is 32.2. The molecule has 1 fully saturated rings. The van der Waals surface area contributed by atoms with Gasteiger partial charge in [-0.3, -0.25) is 4.79 Å². The predicted octanol–water partition coefficient (Wildman–Crippen LogP) is 2.68. The van der Waals surface area contributed by atoms with Crippen molar-refractivity contribution in [1.29, 1.82) is 5.26 Å². The number of nitrogens with one attached hydrogen (secondary N) is 1. The number of piperazine rings is 1. The Labute approximate surface area is 178 Å². The van der Waals surface area contributed by atoms with E-state index in [0.717, 1.165) is 5.56 Å². The van der Waals surface area contributed by atoms with Crippen molar-refractivity contribution in [2.24, 2.45) is 0 Å². The number of hydrogen-bond donors (Lipinski definition) is 1. The molecule has 0 bridgehead atoms. The number of sulfonamides is 1. The fourth-order valence-electron chi connectivity index (χ4n) is 3.21. The Morgan fingerprint density at radius 3 is 2.30 bits per heavy atom. The topological polar surface area (TPSA) is 93.5 Å². The van der Waals surface area contributed by atoms with Crippen molar-refractivity contribution in [3.05, 3.63) is 59.7 Å². The minimum Gasteiger partial charge on any atom is -0.322 e. The van der Waals surface area contributed by atoms with Crippen LogP contribution < -0.4 is 5.32 Å². The zero-order valence-corrected chi connectivity index (χ0v) is 18.2. The van der Waals surface area contributed by atoms with Gasteiger partial charge < -0.3 is 10.2 Å². The van der Waals surface area contributed by atoms with E-state index in [4.69, 9.17) is 0 Å². The van der Waals surface area contributed by atoms with Crippen LogP contribution in [0.2, 0.25) is 0 Å². The number of likely N-dealkylation sites (N-methyl/N-ethyl adjacent to an activating group) is 1. The van der Waals surface area contributed by atoms with Gasteiger partial charge in [-0.2, -0.15) is 9.57 Å². The van der Waals surface area contributed by atoms with Gasteiger partial charge in [0.05, 0.1) is 16.4 Å². The molecule has 0 atom stereocenters. The van der Waals surface area contributed by atoms with E-state index in [0.29, 0.717) is 31.9 Å². The van der Waals surface area contributed by atoms with Crippen LogP contribution in [0.5, 0.6) is 0 Å². The zero-order chi connectivity index (χ0) is 21.9. The monoisotopic (exact) mass is 426 g/mol. The van der Waals surface area contributed by atoms with Gasteiger partial charge in [-0.1, -0.05) is 18.2 Å². The maximum atomic E-state index is 12.9. The fourth-order valence-corrected chi connectivity index (χ4v) is 4.68. The van der Waals surface area contributed by atoms with E-state index in [1.807, 2.05) is 20.9 Å². The molecule has 1 amide bonds. The van der Waals surface area contributed by atoms with Crippen LogP contribution in [0.25, 0.3) is 0 Å². The molecule has 1 saturated heterocycles. The van der Waals surface area contributed by atoms with Gasteiger partial charge in [0.15, 0.2) is 0 Å². The molecule has 8 heteroatoms. The van der Waals surface area contributed by atoms with Crippen molar-refractivity contribution < 1.29 is 13.2 Å². The van der Waals surface area contributed by atoms with E-state index in [9.17, 15) is 18.5 Å². The molecule has 0 saturated carbocycles. The maximum absolute atomic E-state index is 12.9. The van der Waals surface area contributed by atoms with Gasteiger partial charge in [0.25, 0.3) is 5.91 Å². The molecule has 7 nitrogen and oxygen atoms in total. The normalized spacial score (nSPS) is 16.1. The van der Waals surface area contributed by atoms with E-state index < -0.39 is 21.3 Å². The zero-order valence-electron chi connectivity index (χ0n) is 17.4. The van der Waals surface area contributed by atoms with Crippen LogP contribution in [0.15, 0.2) is 53.4 Å². The standard InChI is InChI=1S/C22H26N4O3S/c1-22(2,16-23)18-7-9-19(10-8-18)24-21(27)17-5-4-6-20(15-17)30(28,29)26-13-11-25(3)12-14-26/h4-10,15H,11-14H2,1-3H3,(H,24,27). The first kappa shape index (κ1) is 22.0. The summed E-state index contributed by atoms with van der Waals surface area (Å²) < 4.78 is 27.3. The van der Waals surface area contributed by atoms with E-state index in [-0.39, 0.29) is 10.5 Å². The second kappa shape index (κ2) is 8.56. The van der Waals surface area contributed by atoms with Gasteiger partial charge in [-0.05, 0) is 56.8 Å². The van der Waals surface area contributed by atoms with Gasteiger partial charge in [0.2, 0.25) is 10.0 Å². The lowest BCUT2D eigenvalue weighted by Gasteiger charge is -2.31. The first-order valence-electron chi connectivity index (χ1n) is 9.75. The number of anilines is 1. The molecule has 0 aliphatic carbocycles. The summed E-state index contributed by atoms with van der Waals surface area (Å²) in [6.45, 7) is 5.87. The Kier molecular flexibility index (Phi) is 6.27. The average molecular weight is 427 g/mol. The van der Waals surface area contributed by atoms with E-state index in [1.54, 1.807) is 36.4 Å². The summed E-state index contributed by atoms with van der Waals surface area (Å²) in [5.41, 5.74) is 1.08. The lowest BCUT2D eigenvalue weighted by Crippen LogP contribution is -2.47. The molecule has 30 heavy (non-hydrogen) atoms. The average Bonchev–Trinajstić information content (AvgIpc) is 2.74. The molecular formula is C22H26N4O3S. The minimum atomic E-state index is -3.64. The number of carbonyl (C=O) groups is 1. The lowest BCUT2D eigenvalue weighted by molar-refractivity contribution is 0.102. The van der Waals surface area contributed by atoms with Crippen molar-refractivity contribution in [3.63, 3.8) is 0 Å². The summed E-state index contributed by atoms with van der Waals surface area (Å²) in [6, 6.07) is 15.4. The Morgan fingerprint density at radius 2 is 1.70 bits per heavy atom. The Balaban J connectivity index is 1.76. The molecule has 1 aliphatic rings. The first-order chi connectivity index (χ1) is 14.1. The van der Waals surface area contributed by atoms with E-state index in [2.05, 4.69) is 16.3 Å². The second-order valence-electron chi connectivity index (χ2n) is 8.00. The Hall–Kier alpha value is -2.73. The molecule has 0 radical (unpaired) electrons. The molecule has 0 unspecified atom stereocenters. The van der Waals surface area contributed by atoms with Crippen molar-refractivity contribution in [3.8, 4) is 6.07 Å². The molecule has 1 aliphatic heterocycles. The van der Waals surface area contributed by atoms with Crippen LogP contribution in [0, 0.1) is 11.3 Å². The lowest BCUT2D eigenvalue weighted by atomic mass is 9.86. The minimum absolute atomic E-state index is 0.117. The molecular weight excluding hydrogens is 400 g/mol. The predicted molar refractivity (Wildman–Crippen MR) is 116 cm³/mol. The van der Waals surface area contributed by atoms with Gasteiger partial charge in [-0.25, -0.2) is 8.42 Å². The molecule has 1 heterocycles. The number of rotatable bonds is 5. The number of hydrogen-bond acceptors (Lipinski definition) is 5. The van der Waals surface area contributed by atoms with E-state index >= 15 is 0 Å². The van der Waals surface area contributed by atoms with Crippen molar-refractivity contribution in [2.75, 3.05) is 38.5 Å². The number of nitrogens with zero attached hydrogens (tertiary/aromatic N) is 3. The molecule has 0 spiro atoms. The Morgan fingerprint density at radius 1 is 1.07 bits per heavy atom. The van der Waals surface area contributed by atoms with Crippen molar-refractivity contribution >= 4 is 21.6 Å². The van der Waals surface area contributed by atoms with Crippen LogP contribution in [0.1, 0.15) is 29.8 Å². The molecule has 158 valence electrons. The van der Waals surface area contributed by atoms with Crippen LogP contribution in [-0.2, 0) is 15.4 Å². The summed E-state index contributed by atoms with van der Waals surface area (Å²) in [5, 5.41) is 12.0. The van der Waals surface area contributed by atoms with Crippen LogP contribution in [0.4, 0.5) is 5.69 Å². The smallest absolute Gasteiger partial charge is 0.255 e. The third kappa shape index (κ3) is 4.70. The summed E-state index contributed by atoms with van der Waals surface area (Å²) in [6.07, 6.45) is 0. The Bertz CT molecular complexity index is 1060. The molecule has 3 rings (SSSR count). The molecule has 2 aromatic rings. The maximum Gasteiger partial charge on any atom is 0.255 e. The first-order valence-corrected chi connectivity index (χ1v) is 11.2. The van der Waals surface area contributed by atoms with Crippen molar-refractivity contribution in [2.45, 2.75) is 24.2 Å². The summed E-state index contributed by atoms with van der Waals surface area (Å²) in [5.74, 6) is -0.391. The number of benzene rings is 2. The third-order valence-corrected chi connectivity index (χ3v) is 7.23. The highest BCUT2D eigenvalue weighted by Crippen LogP contribution is 2.24. The summed E-state index contributed by atoms with van der Waals surface area (Å²) in [4.78, 5) is 14.9. The van der Waals surface area contributed by atoms with Gasteiger partial charge >= 0.3 is 0 Å². The van der Waals surface area contributed by atoms with Gasteiger partial charge in [0, 0.05) is 37.4 Å². The molecule has 2 aromatic carbocycles. The van der Waals surface area contributed by atoms with Gasteiger partial charge in [-0.15, -0.1) is 0 Å². The van der Waals surface area contributed by atoms with E-state index in [1.165, 1.54) is 16.4 Å². The second-order valence-corrected chi connectivity index (χ2v) is 9.94. The van der Waals surface area contributed by atoms with Crippen LogP contribution in [-0.4, -0.2) is 56.8 Å². The highest BCUT2D eigenvalue weighted by molar-refractivity contribution is 7.89. The largest absolute Gasteiger partial charge is 0.322 e. The molecule has 1 N–H and O–H groups in total. The van der Waals surface area contributed by atoms with Crippen molar-refractivity contribution in [1.82, 2.24) is 9.21 Å². The summed E-state index contributed by atoms with van der Waals surface area (Å²) >= 11 is 0. The number of carbonyl (C=O) groups excluding carboxylic acids is 1. The highest BCUT2D eigenvalue weighted by Gasteiger charge is 2.28. The summed E-state index contributed by atoms with van der Waals surface area (Å²) in [7, 11) is -1.68. The number of nitriles is 1. The van der Waals surface area contributed by atoms with Gasteiger partial charge in [0.1, 0.15) is 0 Å². The number of amides is 1. The molecule has 0 aromatic heterocycles.